The molecule has 0 aliphatic rings. The smallest absolute Gasteiger partial charge is 0.326 e. The molecule has 0 spiro atoms. The number of carboxylic acid groups (broad SMARTS) is 1. The molecule has 11 heteroatoms. The molecule has 2 aromatic carbocycles. The number of hydrogen-bond acceptors (Lipinski definition) is 8. The highest BCUT2D eigenvalue weighted by Gasteiger charge is 2.22. The summed E-state index contributed by atoms with van der Waals surface area (Å²) in [6.07, 6.45) is 32.5. The predicted molar refractivity (Wildman–Crippen MR) is 268 cm³/mol. The van der Waals surface area contributed by atoms with Crippen molar-refractivity contribution in [1.29, 1.82) is 0 Å². The highest BCUT2D eigenvalue weighted by Crippen LogP contribution is 2.18. The largest absolute Gasteiger partial charge is 0.480 e. The van der Waals surface area contributed by atoms with Gasteiger partial charge in [-0.25, -0.2) is 4.79 Å². The second kappa shape index (κ2) is 39.3. The molecule has 3 N–H and O–H groups in total. The lowest BCUT2D eigenvalue weighted by Crippen LogP contribution is -2.42. The summed E-state index contributed by atoms with van der Waals surface area (Å²) in [5, 5.41) is 15.1. The van der Waals surface area contributed by atoms with E-state index in [1.165, 1.54) is 152 Å². The molecule has 0 saturated carbocycles. The first kappa shape index (κ1) is 57.3. The van der Waals surface area contributed by atoms with Crippen LogP contribution in [0.15, 0.2) is 54.6 Å². The summed E-state index contributed by atoms with van der Waals surface area (Å²) in [5.74, 6) is -1.56. The third-order valence-corrected chi connectivity index (χ3v) is 12.9. The van der Waals surface area contributed by atoms with Gasteiger partial charge in [0.1, 0.15) is 18.8 Å². The molecular formula is C54H86N2O8S. The Morgan fingerprint density at radius 3 is 1.51 bits per heavy atom. The van der Waals surface area contributed by atoms with Crippen molar-refractivity contribution in [3.63, 3.8) is 0 Å². The van der Waals surface area contributed by atoms with Crippen molar-refractivity contribution in [3.05, 3.63) is 65.7 Å². The Bertz CT molecular complexity index is 1540. The van der Waals surface area contributed by atoms with Crippen LogP contribution in [0.3, 0.4) is 0 Å². The van der Waals surface area contributed by atoms with Crippen LogP contribution in [-0.4, -0.2) is 65.1 Å². The first-order valence-electron chi connectivity index (χ1n) is 25.6. The maximum Gasteiger partial charge on any atom is 0.326 e. The molecule has 2 rings (SSSR count). The van der Waals surface area contributed by atoms with Crippen LogP contribution >= 0.6 is 11.8 Å². The van der Waals surface area contributed by atoms with Crippen LogP contribution in [0.5, 0.6) is 0 Å². The Morgan fingerprint density at radius 2 is 1.03 bits per heavy atom. The number of esters is 2. The van der Waals surface area contributed by atoms with Gasteiger partial charge in [0.2, 0.25) is 5.91 Å². The molecule has 65 heavy (non-hydrogen) atoms. The van der Waals surface area contributed by atoms with Crippen LogP contribution < -0.4 is 10.6 Å². The van der Waals surface area contributed by atoms with Crippen molar-refractivity contribution >= 4 is 47.2 Å². The molecule has 2 aromatic rings. The summed E-state index contributed by atoms with van der Waals surface area (Å²) >= 11 is 1.46. The van der Waals surface area contributed by atoms with E-state index < -0.39 is 24.0 Å². The number of thioether (sulfide) groups is 1. The molecule has 0 bridgehead atoms. The second-order valence-electron chi connectivity index (χ2n) is 17.8. The van der Waals surface area contributed by atoms with Gasteiger partial charge in [-0.2, -0.15) is 11.8 Å². The summed E-state index contributed by atoms with van der Waals surface area (Å²) in [5.41, 5.74) is 1.58. The van der Waals surface area contributed by atoms with Crippen molar-refractivity contribution in [1.82, 2.24) is 5.32 Å². The van der Waals surface area contributed by atoms with Crippen LogP contribution in [-0.2, 0) is 35.1 Å². The minimum atomic E-state index is -1.13. The number of carbonyl (C=O) groups is 5. The molecule has 0 aliphatic carbocycles. The molecule has 10 nitrogen and oxygen atoms in total. The normalized spacial score (nSPS) is 12.0. The summed E-state index contributed by atoms with van der Waals surface area (Å²) in [7, 11) is 0. The lowest BCUT2D eigenvalue weighted by molar-refractivity contribution is -0.157. The van der Waals surface area contributed by atoms with Crippen molar-refractivity contribution in [2.75, 3.05) is 23.4 Å². The summed E-state index contributed by atoms with van der Waals surface area (Å²) < 4.78 is 11.4. The minimum Gasteiger partial charge on any atom is -0.480 e. The first-order valence-corrected chi connectivity index (χ1v) is 26.8. The molecule has 0 aromatic heterocycles. The molecule has 2 atom stereocenters. The number of aliphatic carboxylic acids is 1. The number of hydrogen-bond donors (Lipinski definition) is 3. The summed E-state index contributed by atoms with van der Waals surface area (Å²) in [6.45, 7) is 4.51. The van der Waals surface area contributed by atoms with Gasteiger partial charge >= 0.3 is 17.9 Å². The van der Waals surface area contributed by atoms with E-state index in [0.717, 1.165) is 44.1 Å². The predicted octanol–water partition coefficient (Wildman–Crippen LogP) is 13.6. The van der Waals surface area contributed by atoms with E-state index >= 15 is 0 Å². The van der Waals surface area contributed by atoms with Crippen LogP contribution in [0.1, 0.15) is 216 Å². The van der Waals surface area contributed by atoms with Gasteiger partial charge in [0.15, 0.2) is 0 Å². The highest BCUT2D eigenvalue weighted by atomic mass is 32.2. The average molecular weight is 923 g/mol. The molecule has 0 heterocycles. The van der Waals surface area contributed by atoms with Crippen LogP contribution in [0, 0.1) is 0 Å². The van der Waals surface area contributed by atoms with Gasteiger partial charge in [-0.05, 0) is 42.7 Å². The number of anilines is 1. The highest BCUT2D eigenvalue weighted by molar-refractivity contribution is 7.99. The van der Waals surface area contributed by atoms with Gasteiger partial charge < -0.3 is 25.2 Å². The maximum absolute atomic E-state index is 12.9. The SMILES string of the molecule is CCCCCCCCCCCCCCCC(=O)OCC(CSCCC(=O)Nc1ccc(C(=O)N[C@@H](Cc2ccccc2)C(=O)O)cc1)OC(=O)CCCCCCCCCCCCCCC. The first-order chi connectivity index (χ1) is 31.7. The van der Waals surface area contributed by atoms with Crippen molar-refractivity contribution in [2.24, 2.45) is 0 Å². The van der Waals surface area contributed by atoms with Gasteiger partial charge in [-0.15, -0.1) is 0 Å². The third-order valence-electron chi connectivity index (χ3n) is 11.8. The standard InChI is InChI=1S/C54H86N2O8S/c1-3-5-7-9-11-13-15-17-19-21-23-25-30-34-51(58)63-43-48(64-52(59)35-31-26-24-22-20-18-16-14-12-10-8-6-4-2)44-65-41-40-50(57)55-47-38-36-46(37-39-47)53(60)56-49(54(61)62)42-45-32-28-27-29-33-45/h27-29,32-33,36-39,48-49H,3-26,30-31,34-35,40-44H2,1-2H3,(H,55,57)(H,56,60)(H,61,62)/t48?,49-/m0/s1. The number of carbonyl (C=O) groups excluding carboxylic acids is 4. The quantitative estimate of drug-likeness (QED) is 0.0437. The number of amides is 2. The van der Waals surface area contributed by atoms with Crippen LogP contribution in [0.4, 0.5) is 5.69 Å². The molecule has 0 radical (unpaired) electrons. The van der Waals surface area contributed by atoms with E-state index in [1.807, 2.05) is 30.3 Å². The van der Waals surface area contributed by atoms with Gasteiger partial charge in [0.25, 0.3) is 5.91 Å². The van der Waals surface area contributed by atoms with Crippen molar-refractivity contribution in [3.8, 4) is 0 Å². The molecule has 0 saturated heterocycles. The monoisotopic (exact) mass is 923 g/mol. The van der Waals surface area contributed by atoms with E-state index in [9.17, 15) is 29.1 Å². The van der Waals surface area contributed by atoms with E-state index in [-0.39, 0.29) is 42.9 Å². The molecule has 1 unspecified atom stereocenters. The fraction of sp³-hybridized carbons (Fsp3) is 0.685. The van der Waals surface area contributed by atoms with E-state index in [2.05, 4.69) is 24.5 Å². The van der Waals surface area contributed by atoms with E-state index in [4.69, 9.17) is 9.47 Å². The number of rotatable bonds is 42. The van der Waals surface area contributed by atoms with E-state index in [1.54, 1.807) is 12.1 Å². The Labute approximate surface area is 397 Å². The molecule has 0 fully saturated rings. The minimum absolute atomic E-state index is 0.000209. The molecular weight excluding hydrogens is 837 g/mol. The Kier molecular flexibility index (Phi) is 34.6. The molecule has 366 valence electrons. The number of ether oxygens (including phenoxy) is 2. The van der Waals surface area contributed by atoms with E-state index in [0.29, 0.717) is 30.0 Å². The Hall–Kier alpha value is -3.86. The second-order valence-corrected chi connectivity index (χ2v) is 18.9. The zero-order valence-corrected chi connectivity index (χ0v) is 41.2. The average Bonchev–Trinajstić information content (AvgIpc) is 3.30. The Balaban J connectivity index is 1.73. The topological polar surface area (TPSA) is 148 Å². The maximum atomic E-state index is 12.9. The zero-order valence-electron chi connectivity index (χ0n) is 40.4. The number of benzene rings is 2. The van der Waals surface area contributed by atoms with Gasteiger partial charge in [0.05, 0.1) is 0 Å². The fourth-order valence-electron chi connectivity index (χ4n) is 7.79. The summed E-state index contributed by atoms with van der Waals surface area (Å²) in [4.78, 5) is 63.0. The number of unbranched alkanes of at least 4 members (excludes halogenated alkanes) is 24. The Morgan fingerprint density at radius 1 is 0.569 bits per heavy atom. The van der Waals surface area contributed by atoms with Gasteiger partial charge in [-0.3, -0.25) is 19.2 Å². The molecule has 2 amide bonds. The van der Waals surface area contributed by atoms with Crippen molar-refractivity contribution < 1.29 is 38.6 Å². The van der Waals surface area contributed by atoms with Gasteiger partial charge in [-0.1, -0.05) is 198 Å². The van der Waals surface area contributed by atoms with Crippen LogP contribution in [0.2, 0.25) is 0 Å². The fourth-order valence-corrected chi connectivity index (χ4v) is 8.72. The number of carboxylic acids is 1. The third kappa shape index (κ3) is 31.7. The molecule has 0 aliphatic heterocycles. The van der Waals surface area contributed by atoms with Crippen molar-refractivity contribution in [2.45, 2.75) is 219 Å². The van der Waals surface area contributed by atoms with Crippen LogP contribution in [0.25, 0.3) is 0 Å². The number of nitrogens with one attached hydrogen (secondary N) is 2. The lowest BCUT2D eigenvalue weighted by atomic mass is 10.0. The zero-order chi connectivity index (χ0) is 47.0. The van der Waals surface area contributed by atoms with Gasteiger partial charge in [0, 0.05) is 48.4 Å². The summed E-state index contributed by atoms with van der Waals surface area (Å²) in [6, 6.07) is 14.3. The lowest BCUT2D eigenvalue weighted by Gasteiger charge is -2.18.